The third kappa shape index (κ3) is 5.81. The van der Waals surface area contributed by atoms with Crippen LogP contribution < -0.4 is 5.32 Å². The highest BCUT2D eigenvalue weighted by atomic mass is 35.5. The minimum Gasteiger partial charge on any atom is -0.395 e. The van der Waals surface area contributed by atoms with Gasteiger partial charge in [-0.25, -0.2) is 8.78 Å². The number of aliphatic hydroxyl groups excluding tert-OH is 1. The number of anilines is 1. The summed E-state index contributed by atoms with van der Waals surface area (Å²) in [7, 11) is 0. The fourth-order valence-electron chi connectivity index (χ4n) is 1.65. The molecule has 0 aliphatic heterocycles. The molecule has 1 rings (SSSR count). The summed E-state index contributed by atoms with van der Waals surface area (Å²) in [6.07, 6.45) is -2.55. The third-order valence-electron chi connectivity index (χ3n) is 2.64. The summed E-state index contributed by atoms with van der Waals surface area (Å²) < 4.78 is 24.6. The molecule has 4 nitrogen and oxygen atoms in total. The molecule has 0 bridgehead atoms. The number of rotatable bonds is 7. The first-order valence-electron chi connectivity index (χ1n) is 6.09. The summed E-state index contributed by atoms with van der Waals surface area (Å²) in [5, 5.41) is 11.9. The molecule has 20 heavy (non-hydrogen) atoms. The minimum atomic E-state index is -2.55. The number of halogens is 3. The second kappa shape index (κ2) is 8.14. The molecular weight excluding hydrogens is 290 g/mol. The van der Waals surface area contributed by atoms with Crippen molar-refractivity contribution >= 4 is 23.2 Å². The van der Waals surface area contributed by atoms with Crippen molar-refractivity contribution < 1.29 is 18.7 Å². The van der Waals surface area contributed by atoms with Crippen LogP contribution in [0.5, 0.6) is 0 Å². The van der Waals surface area contributed by atoms with Crippen LogP contribution in [0.3, 0.4) is 0 Å². The summed E-state index contributed by atoms with van der Waals surface area (Å²) in [4.78, 5) is 12.9. The number of benzene rings is 1. The average molecular weight is 307 g/mol. The fourth-order valence-corrected chi connectivity index (χ4v) is 1.83. The molecule has 0 saturated heterocycles. The van der Waals surface area contributed by atoms with E-state index in [-0.39, 0.29) is 19.7 Å². The Bertz CT molecular complexity index is 458. The van der Waals surface area contributed by atoms with Crippen molar-refractivity contribution in [1.82, 2.24) is 4.90 Å². The number of alkyl halides is 2. The van der Waals surface area contributed by atoms with Crippen molar-refractivity contribution in [3.05, 3.63) is 28.8 Å². The van der Waals surface area contributed by atoms with Crippen molar-refractivity contribution in [3.8, 4) is 0 Å². The van der Waals surface area contributed by atoms with E-state index in [2.05, 4.69) is 5.32 Å². The van der Waals surface area contributed by atoms with Crippen molar-refractivity contribution in [3.63, 3.8) is 0 Å². The van der Waals surface area contributed by atoms with Crippen LogP contribution >= 0.6 is 11.6 Å². The maximum atomic E-state index is 12.3. The molecule has 0 fully saturated rings. The molecule has 1 aromatic rings. The van der Waals surface area contributed by atoms with Crippen LogP contribution in [0.2, 0.25) is 5.02 Å². The second-order valence-corrected chi connectivity index (χ2v) is 4.77. The third-order valence-corrected chi connectivity index (χ3v) is 3.04. The van der Waals surface area contributed by atoms with Crippen molar-refractivity contribution in [2.75, 3.05) is 31.6 Å². The number of hydrogen-bond donors (Lipinski definition) is 2. The number of nitrogens with one attached hydrogen (secondary N) is 1. The maximum Gasteiger partial charge on any atom is 0.251 e. The zero-order chi connectivity index (χ0) is 15.1. The lowest BCUT2D eigenvalue weighted by molar-refractivity contribution is -0.117. The molecular formula is C13H17ClF2N2O2. The quantitative estimate of drug-likeness (QED) is 0.811. The Kier molecular flexibility index (Phi) is 6.84. The summed E-state index contributed by atoms with van der Waals surface area (Å²) in [6, 6.07) is 5.03. The van der Waals surface area contributed by atoms with Crippen LogP contribution in [0.1, 0.15) is 5.56 Å². The number of hydrogen-bond acceptors (Lipinski definition) is 3. The Hall–Kier alpha value is -1.24. The molecule has 0 saturated carbocycles. The Morgan fingerprint density at radius 3 is 2.75 bits per heavy atom. The molecule has 0 atom stereocenters. The highest BCUT2D eigenvalue weighted by molar-refractivity contribution is 6.31. The Morgan fingerprint density at radius 1 is 1.50 bits per heavy atom. The van der Waals surface area contributed by atoms with Gasteiger partial charge in [0.05, 0.1) is 19.7 Å². The van der Waals surface area contributed by atoms with Gasteiger partial charge < -0.3 is 10.4 Å². The van der Waals surface area contributed by atoms with Crippen molar-refractivity contribution in [2.45, 2.75) is 13.3 Å². The zero-order valence-corrected chi connectivity index (χ0v) is 11.8. The van der Waals surface area contributed by atoms with Gasteiger partial charge in [-0.3, -0.25) is 9.69 Å². The van der Waals surface area contributed by atoms with E-state index in [0.717, 1.165) is 5.56 Å². The largest absolute Gasteiger partial charge is 0.395 e. The number of aryl methyl sites for hydroxylation is 1. The van der Waals surface area contributed by atoms with Gasteiger partial charge in [0.2, 0.25) is 5.91 Å². The summed E-state index contributed by atoms with van der Waals surface area (Å²) >= 11 is 5.93. The molecule has 0 unspecified atom stereocenters. The van der Waals surface area contributed by atoms with Crippen LogP contribution in [-0.4, -0.2) is 48.6 Å². The molecule has 1 aromatic carbocycles. The molecule has 0 aliphatic carbocycles. The number of carbonyl (C=O) groups excluding carboxylic acids is 1. The summed E-state index contributed by atoms with van der Waals surface area (Å²) in [5.74, 6) is -0.431. The number of aliphatic hydroxyl groups is 1. The normalized spacial score (nSPS) is 11.2. The fraction of sp³-hybridized carbons (Fsp3) is 0.462. The lowest BCUT2D eigenvalue weighted by Gasteiger charge is -2.20. The molecule has 0 aromatic heterocycles. The maximum absolute atomic E-state index is 12.3. The lowest BCUT2D eigenvalue weighted by Crippen LogP contribution is -2.38. The van der Waals surface area contributed by atoms with E-state index < -0.39 is 18.9 Å². The molecule has 0 aliphatic rings. The van der Waals surface area contributed by atoms with Gasteiger partial charge in [-0.15, -0.1) is 0 Å². The SMILES string of the molecule is Cc1ccc(NC(=O)CN(CCO)CC(F)F)cc1Cl. The number of amides is 1. The summed E-state index contributed by atoms with van der Waals surface area (Å²) in [6.45, 7) is 0.807. The molecule has 112 valence electrons. The Morgan fingerprint density at radius 2 is 2.20 bits per heavy atom. The molecule has 0 radical (unpaired) electrons. The Balaban J connectivity index is 2.58. The lowest BCUT2D eigenvalue weighted by atomic mass is 10.2. The van der Waals surface area contributed by atoms with E-state index in [1.807, 2.05) is 6.92 Å². The van der Waals surface area contributed by atoms with Gasteiger partial charge in [0.25, 0.3) is 6.43 Å². The van der Waals surface area contributed by atoms with E-state index in [0.29, 0.717) is 10.7 Å². The first-order chi connectivity index (χ1) is 9.42. The van der Waals surface area contributed by atoms with Gasteiger partial charge in [0.1, 0.15) is 0 Å². The predicted molar refractivity (Wildman–Crippen MR) is 74.3 cm³/mol. The van der Waals surface area contributed by atoms with E-state index >= 15 is 0 Å². The van der Waals surface area contributed by atoms with Gasteiger partial charge >= 0.3 is 0 Å². The van der Waals surface area contributed by atoms with E-state index in [4.69, 9.17) is 16.7 Å². The van der Waals surface area contributed by atoms with E-state index in [9.17, 15) is 13.6 Å². The highest BCUT2D eigenvalue weighted by Gasteiger charge is 2.15. The molecule has 7 heteroatoms. The van der Waals surface area contributed by atoms with Crippen molar-refractivity contribution in [2.24, 2.45) is 0 Å². The van der Waals surface area contributed by atoms with E-state index in [1.54, 1.807) is 18.2 Å². The second-order valence-electron chi connectivity index (χ2n) is 4.36. The minimum absolute atomic E-state index is 0.0203. The van der Waals surface area contributed by atoms with Gasteiger partial charge in [0.15, 0.2) is 0 Å². The smallest absolute Gasteiger partial charge is 0.251 e. The van der Waals surface area contributed by atoms with Gasteiger partial charge in [-0.1, -0.05) is 17.7 Å². The highest BCUT2D eigenvalue weighted by Crippen LogP contribution is 2.19. The topological polar surface area (TPSA) is 52.6 Å². The van der Waals surface area contributed by atoms with E-state index in [1.165, 1.54) is 4.90 Å². The number of nitrogens with zero attached hydrogens (tertiary/aromatic N) is 1. The van der Waals surface area contributed by atoms with Crippen LogP contribution in [0.15, 0.2) is 18.2 Å². The standard InChI is InChI=1S/C13H17ClF2N2O2/c1-9-2-3-10(6-11(9)14)17-13(20)8-18(4-5-19)7-12(15)16/h2-3,6,12,19H,4-5,7-8H2,1H3,(H,17,20). The molecule has 2 N–H and O–H groups in total. The molecule has 0 spiro atoms. The van der Waals surface area contributed by atoms with Crippen molar-refractivity contribution in [1.29, 1.82) is 0 Å². The number of carbonyl (C=O) groups is 1. The van der Waals surface area contributed by atoms with Crippen LogP contribution in [0, 0.1) is 6.92 Å². The first kappa shape index (κ1) is 16.8. The zero-order valence-electron chi connectivity index (χ0n) is 11.1. The van der Waals surface area contributed by atoms with Crippen LogP contribution in [0.25, 0.3) is 0 Å². The molecule has 0 heterocycles. The average Bonchev–Trinajstić information content (AvgIpc) is 2.33. The monoisotopic (exact) mass is 306 g/mol. The predicted octanol–water partition coefficient (Wildman–Crippen LogP) is 2.15. The first-order valence-corrected chi connectivity index (χ1v) is 6.47. The molecule has 1 amide bonds. The van der Waals surface area contributed by atoms with Crippen LogP contribution in [-0.2, 0) is 4.79 Å². The van der Waals surface area contributed by atoms with Gasteiger partial charge in [-0.05, 0) is 24.6 Å². The Labute approximate surface area is 121 Å². The summed E-state index contributed by atoms with van der Waals surface area (Å²) in [5.41, 5.74) is 1.39. The van der Waals surface area contributed by atoms with Gasteiger partial charge in [-0.2, -0.15) is 0 Å². The van der Waals surface area contributed by atoms with Gasteiger partial charge in [0, 0.05) is 17.3 Å². The van der Waals surface area contributed by atoms with Crippen LogP contribution in [0.4, 0.5) is 14.5 Å².